The molecule has 0 aliphatic heterocycles. The Bertz CT molecular complexity index is 276. The number of nitrogens with one attached hydrogen (secondary N) is 1. The number of carbonyl (C=O) groups excluding carboxylic acids is 1. The Kier molecular flexibility index (Phi) is 2.28. The van der Waals surface area contributed by atoms with Crippen LogP contribution in [0.2, 0.25) is 0 Å². The number of carbonyl (C=O) groups is 1. The molecule has 0 aliphatic rings. The Balaban J connectivity index is 2.86. The summed E-state index contributed by atoms with van der Waals surface area (Å²) in [5.41, 5.74) is 5.81. The van der Waals surface area contributed by atoms with Gasteiger partial charge in [0.1, 0.15) is 5.82 Å². The Hall–Kier alpha value is -1.29. The molecule has 1 amide bonds. The number of nitrogens with zero attached hydrogens (tertiary/aromatic N) is 1. The number of hydrogen-bond donors (Lipinski definition) is 2. The second-order valence-electron chi connectivity index (χ2n) is 1.83. The normalized spacial score (nSPS) is 9.18. The Labute approximate surface area is 68.4 Å². The summed E-state index contributed by atoms with van der Waals surface area (Å²) in [5.74, 6) is 0.251. The van der Waals surface area contributed by atoms with E-state index in [0.717, 1.165) is 0 Å². The number of amides is 1. The van der Waals surface area contributed by atoms with Crippen LogP contribution in [-0.4, -0.2) is 10.4 Å². The summed E-state index contributed by atoms with van der Waals surface area (Å²) in [4.78, 5) is 14.1. The van der Waals surface area contributed by atoms with Crippen molar-refractivity contribution >= 4 is 28.5 Å². The van der Waals surface area contributed by atoms with Crippen molar-refractivity contribution in [1.82, 2.24) is 4.98 Å². The maximum atomic E-state index is 10.3. The molecule has 0 aromatic carbocycles. The van der Waals surface area contributed by atoms with Gasteiger partial charge in [-0.05, 0) is 23.7 Å². The summed E-state index contributed by atoms with van der Waals surface area (Å²) < 4.78 is 0. The first-order valence-corrected chi connectivity index (χ1v) is 3.25. The van der Waals surface area contributed by atoms with E-state index >= 15 is 0 Å². The molecule has 0 saturated heterocycles. The molecule has 58 valence electrons. The lowest BCUT2D eigenvalue weighted by molar-refractivity contribution is 0.269. The lowest BCUT2D eigenvalue weighted by Crippen LogP contribution is -2.04. The molecule has 0 atom stereocenters. The van der Waals surface area contributed by atoms with Gasteiger partial charge in [-0.15, -0.1) is 0 Å². The number of nitrogen functional groups attached to an aromatic ring is 1. The van der Waals surface area contributed by atoms with Crippen LogP contribution in [0.5, 0.6) is 0 Å². The van der Waals surface area contributed by atoms with Crippen molar-refractivity contribution in [3.05, 3.63) is 18.3 Å². The van der Waals surface area contributed by atoms with E-state index in [0.29, 0.717) is 5.69 Å². The number of nitrogens with two attached hydrogens (primary N) is 1. The highest BCUT2D eigenvalue weighted by molar-refractivity contribution is 6.65. The molecule has 0 spiro atoms. The molecule has 1 rings (SSSR count). The van der Waals surface area contributed by atoms with Gasteiger partial charge in [0.2, 0.25) is 0 Å². The van der Waals surface area contributed by atoms with Crippen molar-refractivity contribution in [2.75, 3.05) is 11.1 Å². The molecule has 0 fully saturated rings. The van der Waals surface area contributed by atoms with Gasteiger partial charge in [0.05, 0.1) is 5.69 Å². The number of rotatable bonds is 1. The van der Waals surface area contributed by atoms with E-state index < -0.39 is 5.37 Å². The molecule has 11 heavy (non-hydrogen) atoms. The molecule has 5 heteroatoms. The zero-order valence-electron chi connectivity index (χ0n) is 5.54. The molecule has 3 N–H and O–H groups in total. The minimum absolute atomic E-state index is 0.251. The molecule has 0 saturated carbocycles. The lowest BCUT2D eigenvalue weighted by atomic mass is 10.4. The largest absolute Gasteiger partial charge is 0.382 e. The molecule has 0 unspecified atom stereocenters. The second kappa shape index (κ2) is 3.21. The van der Waals surface area contributed by atoms with Gasteiger partial charge in [0.25, 0.3) is 0 Å². The maximum absolute atomic E-state index is 10.3. The fourth-order valence-corrected chi connectivity index (χ4v) is 0.731. The molecule has 0 radical (unpaired) electrons. The maximum Gasteiger partial charge on any atom is 0.318 e. The number of anilines is 2. The average molecular weight is 172 g/mol. The van der Waals surface area contributed by atoms with Gasteiger partial charge in [0, 0.05) is 6.20 Å². The average Bonchev–Trinajstić information content (AvgIpc) is 1.93. The topological polar surface area (TPSA) is 68.0 Å². The molecule has 1 aromatic heterocycles. The first-order valence-electron chi connectivity index (χ1n) is 2.87. The predicted octanol–water partition coefficient (Wildman–Crippen LogP) is 1.43. The van der Waals surface area contributed by atoms with Crippen LogP contribution in [0.3, 0.4) is 0 Å². The highest BCUT2D eigenvalue weighted by atomic mass is 35.5. The highest BCUT2D eigenvalue weighted by Crippen LogP contribution is 2.13. The van der Waals surface area contributed by atoms with Gasteiger partial charge in [-0.2, -0.15) is 0 Å². The highest BCUT2D eigenvalue weighted by Gasteiger charge is 2.00. The standard InChI is InChI=1S/C6H6ClN3O/c7-6(11)10-4-2-1-3-9-5(4)8/h1-3H,(H2,8,9)(H,10,11). The first-order chi connectivity index (χ1) is 5.20. The summed E-state index contributed by atoms with van der Waals surface area (Å²) in [7, 11) is 0. The molecule has 0 aliphatic carbocycles. The number of halogens is 1. The van der Waals surface area contributed by atoms with Crippen LogP contribution < -0.4 is 11.1 Å². The predicted molar refractivity (Wildman–Crippen MR) is 43.5 cm³/mol. The van der Waals surface area contributed by atoms with Crippen molar-refractivity contribution in [1.29, 1.82) is 0 Å². The van der Waals surface area contributed by atoms with E-state index in [1.807, 2.05) is 0 Å². The number of hydrogen-bond acceptors (Lipinski definition) is 3. The Morgan fingerprint density at radius 2 is 2.45 bits per heavy atom. The van der Waals surface area contributed by atoms with Gasteiger partial charge in [-0.25, -0.2) is 4.98 Å². The Morgan fingerprint density at radius 1 is 1.73 bits per heavy atom. The molecule has 1 heterocycles. The van der Waals surface area contributed by atoms with E-state index in [9.17, 15) is 4.79 Å². The molecule has 1 aromatic rings. The van der Waals surface area contributed by atoms with Crippen molar-refractivity contribution < 1.29 is 4.79 Å². The van der Waals surface area contributed by atoms with Crippen molar-refractivity contribution in [2.45, 2.75) is 0 Å². The third-order valence-electron chi connectivity index (χ3n) is 1.07. The SMILES string of the molecule is Nc1ncccc1NC(=O)Cl. The fraction of sp³-hybridized carbons (Fsp3) is 0. The van der Waals surface area contributed by atoms with Gasteiger partial charge in [0.15, 0.2) is 0 Å². The summed E-state index contributed by atoms with van der Waals surface area (Å²) in [5, 5.41) is 1.64. The molecular weight excluding hydrogens is 166 g/mol. The molecule has 4 nitrogen and oxygen atoms in total. The third kappa shape index (κ3) is 2.09. The van der Waals surface area contributed by atoms with E-state index in [1.54, 1.807) is 12.1 Å². The Morgan fingerprint density at radius 3 is 3.00 bits per heavy atom. The zero-order valence-corrected chi connectivity index (χ0v) is 6.30. The summed E-state index contributed by atoms with van der Waals surface area (Å²) in [6.07, 6.45) is 1.53. The van der Waals surface area contributed by atoms with Gasteiger partial charge < -0.3 is 11.1 Å². The zero-order chi connectivity index (χ0) is 8.27. The minimum atomic E-state index is -0.676. The number of pyridine rings is 1. The van der Waals surface area contributed by atoms with Crippen LogP contribution in [0.1, 0.15) is 0 Å². The van der Waals surface area contributed by atoms with E-state index in [1.165, 1.54) is 6.20 Å². The molecular formula is C6H6ClN3O. The monoisotopic (exact) mass is 171 g/mol. The van der Waals surface area contributed by atoms with Crippen molar-refractivity contribution in [2.24, 2.45) is 0 Å². The second-order valence-corrected chi connectivity index (χ2v) is 2.18. The van der Waals surface area contributed by atoms with E-state index in [4.69, 9.17) is 17.3 Å². The van der Waals surface area contributed by atoms with Crippen LogP contribution in [0.4, 0.5) is 16.3 Å². The third-order valence-corrected chi connectivity index (χ3v) is 1.17. The van der Waals surface area contributed by atoms with Crippen LogP contribution in [0, 0.1) is 0 Å². The van der Waals surface area contributed by atoms with Gasteiger partial charge in [-0.1, -0.05) is 0 Å². The van der Waals surface area contributed by atoms with Crippen molar-refractivity contribution in [3.8, 4) is 0 Å². The van der Waals surface area contributed by atoms with E-state index in [-0.39, 0.29) is 5.82 Å². The molecule has 0 bridgehead atoms. The summed E-state index contributed by atoms with van der Waals surface area (Å²) in [6.45, 7) is 0. The van der Waals surface area contributed by atoms with Crippen molar-refractivity contribution in [3.63, 3.8) is 0 Å². The van der Waals surface area contributed by atoms with Gasteiger partial charge in [-0.3, -0.25) is 4.79 Å². The quantitative estimate of drug-likeness (QED) is 0.496. The van der Waals surface area contributed by atoms with Crippen LogP contribution in [0.15, 0.2) is 18.3 Å². The van der Waals surface area contributed by atoms with Crippen LogP contribution in [-0.2, 0) is 0 Å². The van der Waals surface area contributed by atoms with Crippen LogP contribution in [0.25, 0.3) is 0 Å². The minimum Gasteiger partial charge on any atom is -0.382 e. The van der Waals surface area contributed by atoms with Crippen LogP contribution >= 0.6 is 11.6 Å². The summed E-state index contributed by atoms with van der Waals surface area (Å²) in [6, 6.07) is 3.27. The smallest absolute Gasteiger partial charge is 0.318 e. The first kappa shape index (κ1) is 7.81. The summed E-state index contributed by atoms with van der Waals surface area (Å²) >= 11 is 5.05. The lowest BCUT2D eigenvalue weighted by Gasteiger charge is -2.01. The van der Waals surface area contributed by atoms with E-state index in [2.05, 4.69) is 10.3 Å². The number of aromatic nitrogens is 1. The van der Waals surface area contributed by atoms with Gasteiger partial charge >= 0.3 is 5.37 Å². The fourth-order valence-electron chi connectivity index (χ4n) is 0.629.